The van der Waals surface area contributed by atoms with Gasteiger partial charge in [-0.3, -0.25) is 0 Å². The third-order valence-electron chi connectivity index (χ3n) is 4.43. The van der Waals surface area contributed by atoms with Crippen molar-refractivity contribution in [2.75, 3.05) is 18.8 Å². The average molecular weight is 410 g/mol. The first-order valence-electron chi connectivity index (χ1n) is 8.45. The number of aromatic nitrogens is 3. The van der Waals surface area contributed by atoms with Crippen molar-refractivity contribution in [2.24, 2.45) is 0 Å². The van der Waals surface area contributed by atoms with E-state index < -0.39 is 5.60 Å². The minimum absolute atomic E-state index is 0.242. The van der Waals surface area contributed by atoms with Crippen LogP contribution in [0, 0.1) is 0 Å². The Hall–Kier alpha value is -1.83. The summed E-state index contributed by atoms with van der Waals surface area (Å²) in [6.07, 6.45) is 2.95. The Bertz CT molecular complexity index is 775. The summed E-state index contributed by atoms with van der Waals surface area (Å²) >= 11 is 3.54. The maximum Gasteiger partial charge on any atom is 0.410 e. The largest absolute Gasteiger partial charge is 0.444 e. The first-order valence-corrected chi connectivity index (χ1v) is 9.57. The minimum Gasteiger partial charge on any atom is -0.444 e. The van der Waals surface area contributed by atoms with Gasteiger partial charge in [-0.15, -0.1) is 0 Å². The molecule has 0 radical (unpaired) electrons. The van der Waals surface area contributed by atoms with Crippen LogP contribution in [0.1, 0.15) is 50.8 Å². The standard InChI is InChI=1S/C17H24BrN5O2/c1-17(2,3)25-16(24)23-6-4-10(5-7-23)12-11(8-18)22-15-13(12)14(19)20-9-21-15/h9-10H,4-8H2,1-3H3,(H3,19,20,21,22). The first-order chi connectivity index (χ1) is 11.8. The van der Waals surface area contributed by atoms with Crippen LogP contribution in [0.25, 0.3) is 11.0 Å². The summed E-state index contributed by atoms with van der Waals surface area (Å²) in [6.45, 7) is 6.99. The molecule has 0 aliphatic carbocycles. The number of carbonyl (C=O) groups excluding carboxylic acids is 1. The van der Waals surface area contributed by atoms with Crippen LogP contribution < -0.4 is 5.73 Å². The van der Waals surface area contributed by atoms with Crippen molar-refractivity contribution in [3.05, 3.63) is 17.6 Å². The number of nitrogens with one attached hydrogen (secondary N) is 1. The number of piperidine rings is 1. The molecule has 3 rings (SSSR count). The fourth-order valence-electron chi connectivity index (χ4n) is 3.35. The average Bonchev–Trinajstić information content (AvgIpc) is 2.93. The van der Waals surface area contributed by atoms with Crippen molar-refractivity contribution >= 4 is 38.9 Å². The molecule has 3 heterocycles. The fourth-order valence-corrected chi connectivity index (χ4v) is 3.80. The Kier molecular flexibility index (Phi) is 4.90. The van der Waals surface area contributed by atoms with E-state index in [0.717, 1.165) is 29.6 Å². The number of nitrogen functional groups attached to an aromatic ring is 1. The lowest BCUT2D eigenvalue weighted by Gasteiger charge is -2.33. The van der Waals surface area contributed by atoms with E-state index >= 15 is 0 Å². The Balaban J connectivity index is 1.80. The molecule has 1 amide bonds. The van der Waals surface area contributed by atoms with E-state index in [1.807, 2.05) is 20.8 Å². The zero-order valence-electron chi connectivity index (χ0n) is 14.8. The summed E-state index contributed by atoms with van der Waals surface area (Å²) < 4.78 is 5.47. The molecule has 0 atom stereocenters. The van der Waals surface area contributed by atoms with E-state index in [1.54, 1.807) is 4.90 Å². The Morgan fingerprint density at radius 2 is 2.08 bits per heavy atom. The van der Waals surface area contributed by atoms with Crippen LogP contribution in [0.3, 0.4) is 0 Å². The number of halogens is 1. The molecule has 0 aromatic carbocycles. The van der Waals surface area contributed by atoms with Crippen LogP contribution in [-0.2, 0) is 10.1 Å². The lowest BCUT2D eigenvalue weighted by atomic mass is 9.88. The fraction of sp³-hybridized carbons (Fsp3) is 0.588. The molecule has 8 heteroatoms. The molecule has 0 saturated carbocycles. The van der Waals surface area contributed by atoms with Crippen molar-refractivity contribution in [2.45, 2.75) is 50.5 Å². The second-order valence-corrected chi connectivity index (χ2v) is 7.94. The highest BCUT2D eigenvalue weighted by molar-refractivity contribution is 9.08. The molecular formula is C17H24BrN5O2. The predicted octanol–water partition coefficient (Wildman–Crippen LogP) is 3.55. The lowest BCUT2D eigenvalue weighted by Crippen LogP contribution is -2.41. The molecule has 1 aliphatic rings. The van der Waals surface area contributed by atoms with Gasteiger partial charge in [-0.2, -0.15) is 0 Å². The molecule has 1 fully saturated rings. The summed E-state index contributed by atoms with van der Waals surface area (Å²) in [4.78, 5) is 25.8. The van der Waals surface area contributed by atoms with Gasteiger partial charge in [-0.1, -0.05) is 15.9 Å². The highest BCUT2D eigenvalue weighted by Gasteiger charge is 2.30. The van der Waals surface area contributed by atoms with Crippen LogP contribution in [-0.4, -0.2) is 44.6 Å². The number of aromatic amines is 1. The van der Waals surface area contributed by atoms with E-state index in [0.29, 0.717) is 30.2 Å². The number of nitrogens with zero attached hydrogens (tertiary/aromatic N) is 3. The molecular weight excluding hydrogens is 386 g/mol. The molecule has 2 aromatic heterocycles. The molecule has 7 nitrogen and oxygen atoms in total. The number of amides is 1. The minimum atomic E-state index is -0.473. The van der Waals surface area contributed by atoms with Gasteiger partial charge in [0.25, 0.3) is 0 Å². The first kappa shape index (κ1) is 18.0. The highest BCUT2D eigenvalue weighted by atomic mass is 79.9. The SMILES string of the molecule is CC(C)(C)OC(=O)N1CCC(c2c(CBr)[nH]c3ncnc(N)c23)CC1. The second-order valence-electron chi connectivity index (χ2n) is 7.38. The number of likely N-dealkylation sites (tertiary alicyclic amines) is 1. The number of fused-ring (bicyclic) bond motifs is 1. The van der Waals surface area contributed by atoms with E-state index in [9.17, 15) is 4.79 Å². The lowest BCUT2D eigenvalue weighted by molar-refractivity contribution is 0.0205. The van der Waals surface area contributed by atoms with Crippen molar-refractivity contribution in [3.8, 4) is 0 Å². The van der Waals surface area contributed by atoms with E-state index in [1.165, 1.54) is 11.9 Å². The quantitative estimate of drug-likeness (QED) is 0.738. The predicted molar refractivity (Wildman–Crippen MR) is 101 cm³/mol. The van der Waals surface area contributed by atoms with E-state index in [2.05, 4.69) is 30.9 Å². The topological polar surface area (TPSA) is 97.1 Å². The Morgan fingerprint density at radius 1 is 1.40 bits per heavy atom. The van der Waals surface area contributed by atoms with Crippen molar-refractivity contribution in [1.29, 1.82) is 0 Å². The molecule has 1 saturated heterocycles. The van der Waals surface area contributed by atoms with Gasteiger partial charge in [-0.05, 0) is 45.1 Å². The second kappa shape index (κ2) is 6.82. The van der Waals surface area contributed by atoms with Gasteiger partial charge < -0.3 is 20.4 Å². The summed E-state index contributed by atoms with van der Waals surface area (Å²) in [5.41, 5.74) is 8.66. The number of alkyl halides is 1. The highest BCUT2D eigenvalue weighted by Crippen LogP contribution is 2.38. The van der Waals surface area contributed by atoms with Crippen molar-refractivity contribution in [3.63, 3.8) is 0 Å². The smallest absolute Gasteiger partial charge is 0.410 e. The van der Waals surface area contributed by atoms with Gasteiger partial charge >= 0.3 is 6.09 Å². The molecule has 25 heavy (non-hydrogen) atoms. The normalized spacial score (nSPS) is 16.4. The number of hydrogen-bond donors (Lipinski definition) is 2. The van der Waals surface area contributed by atoms with Gasteiger partial charge in [0.05, 0.1) is 5.39 Å². The van der Waals surface area contributed by atoms with Crippen molar-refractivity contribution < 1.29 is 9.53 Å². The monoisotopic (exact) mass is 409 g/mol. The molecule has 0 bridgehead atoms. The Morgan fingerprint density at radius 3 is 2.68 bits per heavy atom. The van der Waals surface area contributed by atoms with Crippen molar-refractivity contribution in [1.82, 2.24) is 19.9 Å². The maximum absolute atomic E-state index is 12.2. The van der Waals surface area contributed by atoms with Gasteiger partial charge in [0.1, 0.15) is 23.4 Å². The van der Waals surface area contributed by atoms with Gasteiger partial charge in [0, 0.05) is 24.1 Å². The number of carbonyl (C=O) groups is 1. The van der Waals surface area contributed by atoms with E-state index in [-0.39, 0.29) is 6.09 Å². The van der Waals surface area contributed by atoms with Crippen LogP contribution in [0.2, 0.25) is 0 Å². The molecule has 136 valence electrons. The van der Waals surface area contributed by atoms with Crippen LogP contribution >= 0.6 is 15.9 Å². The van der Waals surface area contributed by atoms with Crippen LogP contribution in [0.4, 0.5) is 10.6 Å². The zero-order chi connectivity index (χ0) is 18.2. The van der Waals surface area contributed by atoms with Crippen LogP contribution in [0.5, 0.6) is 0 Å². The number of nitrogens with two attached hydrogens (primary N) is 1. The number of H-pyrrole nitrogens is 1. The zero-order valence-corrected chi connectivity index (χ0v) is 16.4. The maximum atomic E-state index is 12.2. The number of rotatable bonds is 2. The summed E-state index contributed by atoms with van der Waals surface area (Å²) in [6, 6.07) is 0. The molecule has 2 aromatic rings. The number of hydrogen-bond acceptors (Lipinski definition) is 5. The third kappa shape index (κ3) is 3.73. The third-order valence-corrected chi connectivity index (χ3v) is 4.99. The molecule has 0 spiro atoms. The van der Waals surface area contributed by atoms with Gasteiger partial charge in [-0.25, -0.2) is 14.8 Å². The molecule has 3 N–H and O–H groups in total. The summed E-state index contributed by atoms with van der Waals surface area (Å²) in [7, 11) is 0. The number of ether oxygens (including phenoxy) is 1. The van der Waals surface area contributed by atoms with E-state index in [4.69, 9.17) is 10.5 Å². The molecule has 0 unspecified atom stereocenters. The Labute approximate surface area is 155 Å². The van der Waals surface area contributed by atoms with Gasteiger partial charge in [0.15, 0.2) is 0 Å². The number of anilines is 1. The summed E-state index contributed by atoms with van der Waals surface area (Å²) in [5, 5.41) is 1.61. The molecule has 1 aliphatic heterocycles. The van der Waals surface area contributed by atoms with Gasteiger partial charge in [0.2, 0.25) is 0 Å². The summed E-state index contributed by atoms with van der Waals surface area (Å²) in [5.74, 6) is 0.811. The van der Waals surface area contributed by atoms with Crippen LogP contribution in [0.15, 0.2) is 6.33 Å².